The van der Waals surface area contributed by atoms with Crippen molar-refractivity contribution in [1.82, 2.24) is 0 Å². The third-order valence-electron chi connectivity index (χ3n) is 3.30. The molecule has 1 heterocycles. The zero-order valence-corrected chi connectivity index (χ0v) is 11.8. The molecule has 3 nitrogen and oxygen atoms in total. The Hall–Kier alpha value is -2.26. The molecule has 1 aliphatic heterocycles. The molecule has 0 N–H and O–H groups in total. The van der Waals surface area contributed by atoms with E-state index in [2.05, 4.69) is 0 Å². The molecule has 0 aliphatic carbocycles. The molecule has 1 aliphatic rings. The first-order valence-corrected chi connectivity index (χ1v) is 7.07. The van der Waals surface area contributed by atoms with E-state index in [1.807, 2.05) is 60.7 Å². The molecule has 0 atom stereocenters. The highest BCUT2D eigenvalue weighted by molar-refractivity contribution is 5.34. The van der Waals surface area contributed by atoms with Gasteiger partial charge in [0.25, 0.3) is 0 Å². The van der Waals surface area contributed by atoms with Gasteiger partial charge >= 0.3 is 0 Å². The van der Waals surface area contributed by atoms with Gasteiger partial charge in [-0.3, -0.25) is 0 Å². The second kappa shape index (κ2) is 6.95. The van der Waals surface area contributed by atoms with Crippen LogP contribution in [0.25, 0.3) is 0 Å². The van der Waals surface area contributed by atoms with Gasteiger partial charge in [0.1, 0.15) is 24.7 Å². The molecule has 0 amide bonds. The first-order valence-electron chi connectivity index (χ1n) is 7.07. The van der Waals surface area contributed by atoms with Gasteiger partial charge in [0.15, 0.2) is 0 Å². The van der Waals surface area contributed by atoms with E-state index in [9.17, 15) is 0 Å². The number of benzene rings is 2. The predicted molar refractivity (Wildman–Crippen MR) is 81.5 cm³/mol. The molecule has 3 rings (SSSR count). The summed E-state index contributed by atoms with van der Waals surface area (Å²) >= 11 is 0. The van der Waals surface area contributed by atoms with Crippen molar-refractivity contribution in [2.45, 2.75) is 13.2 Å². The Kier molecular flexibility index (Phi) is 4.54. The van der Waals surface area contributed by atoms with Crippen molar-refractivity contribution in [3.8, 4) is 11.5 Å². The minimum Gasteiger partial charge on any atom is -0.489 e. The lowest BCUT2D eigenvalue weighted by molar-refractivity contribution is 0.103. The molecule has 108 valence electrons. The van der Waals surface area contributed by atoms with Crippen molar-refractivity contribution < 1.29 is 14.2 Å². The van der Waals surface area contributed by atoms with E-state index in [-0.39, 0.29) is 0 Å². The standard InChI is InChI=1S/C18H18O3/c1-3-9-17-15(7-1)13-19-14-16-8-2-4-10-18(16)21-12-6-5-11-20-17/h1-10H,11-14H2/b6-5+. The Bertz CT molecular complexity index is 566. The maximum Gasteiger partial charge on any atom is 0.125 e. The van der Waals surface area contributed by atoms with Crippen molar-refractivity contribution in [3.63, 3.8) is 0 Å². The van der Waals surface area contributed by atoms with E-state index in [1.165, 1.54) is 0 Å². The average molecular weight is 282 g/mol. The second-order valence-electron chi connectivity index (χ2n) is 4.80. The molecule has 0 radical (unpaired) electrons. The molecule has 2 aromatic rings. The van der Waals surface area contributed by atoms with Crippen LogP contribution in [0.15, 0.2) is 60.7 Å². The quantitative estimate of drug-likeness (QED) is 0.689. The van der Waals surface area contributed by atoms with Crippen molar-refractivity contribution in [2.75, 3.05) is 13.2 Å². The zero-order valence-electron chi connectivity index (χ0n) is 11.8. The largest absolute Gasteiger partial charge is 0.489 e. The number of para-hydroxylation sites is 2. The molecular formula is C18H18O3. The van der Waals surface area contributed by atoms with Gasteiger partial charge in [0.05, 0.1) is 13.2 Å². The summed E-state index contributed by atoms with van der Waals surface area (Å²) in [7, 11) is 0. The van der Waals surface area contributed by atoms with Crippen LogP contribution < -0.4 is 9.47 Å². The van der Waals surface area contributed by atoms with E-state index in [4.69, 9.17) is 14.2 Å². The summed E-state index contributed by atoms with van der Waals surface area (Å²) in [6.07, 6.45) is 3.94. The Labute approximate surface area is 124 Å². The van der Waals surface area contributed by atoms with Crippen LogP contribution >= 0.6 is 0 Å². The first-order chi connectivity index (χ1) is 10.4. The lowest BCUT2D eigenvalue weighted by Crippen LogP contribution is -2.00. The van der Waals surface area contributed by atoms with Crippen LogP contribution in [0.2, 0.25) is 0 Å². The van der Waals surface area contributed by atoms with Crippen molar-refractivity contribution in [3.05, 3.63) is 71.8 Å². The van der Waals surface area contributed by atoms with Gasteiger partial charge in [-0.2, -0.15) is 0 Å². The number of ether oxygens (including phenoxy) is 3. The molecule has 2 aromatic carbocycles. The molecule has 3 heteroatoms. The lowest BCUT2D eigenvalue weighted by atomic mass is 10.2. The molecular weight excluding hydrogens is 264 g/mol. The third-order valence-corrected chi connectivity index (χ3v) is 3.30. The normalized spacial score (nSPS) is 16.8. The van der Waals surface area contributed by atoms with Crippen molar-refractivity contribution in [1.29, 1.82) is 0 Å². The number of hydrogen-bond acceptors (Lipinski definition) is 3. The molecule has 0 bridgehead atoms. The fourth-order valence-corrected chi connectivity index (χ4v) is 2.21. The summed E-state index contributed by atoms with van der Waals surface area (Å²) in [4.78, 5) is 0. The first kappa shape index (κ1) is 13.7. The van der Waals surface area contributed by atoms with Gasteiger partial charge < -0.3 is 14.2 Å². The molecule has 0 spiro atoms. The monoisotopic (exact) mass is 282 g/mol. The summed E-state index contributed by atoms with van der Waals surface area (Å²) in [5, 5.41) is 0. The minimum absolute atomic E-state index is 0.522. The van der Waals surface area contributed by atoms with Crippen molar-refractivity contribution in [2.24, 2.45) is 0 Å². The molecule has 21 heavy (non-hydrogen) atoms. The number of rotatable bonds is 0. The summed E-state index contributed by atoms with van der Waals surface area (Å²) in [5.41, 5.74) is 2.12. The molecule has 0 aromatic heterocycles. The molecule has 0 saturated carbocycles. The Morgan fingerprint density at radius 3 is 1.62 bits per heavy atom. The van der Waals surface area contributed by atoms with Gasteiger partial charge in [-0.1, -0.05) is 36.4 Å². The van der Waals surface area contributed by atoms with E-state index in [0.717, 1.165) is 22.6 Å². The fourth-order valence-electron chi connectivity index (χ4n) is 2.21. The van der Waals surface area contributed by atoms with Gasteiger partial charge in [0, 0.05) is 11.1 Å². The number of hydrogen-bond donors (Lipinski definition) is 0. The SMILES string of the molecule is C1=C/COc2ccccc2COCc2ccccc2OC/1. The van der Waals surface area contributed by atoms with E-state index >= 15 is 0 Å². The fraction of sp³-hybridized carbons (Fsp3) is 0.222. The maximum atomic E-state index is 5.82. The van der Waals surface area contributed by atoms with Crippen LogP contribution in [0.4, 0.5) is 0 Å². The van der Waals surface area contributed by atoms with Crippen LogP contribution in [0.1, 0.15) is 11.1 Å². The highest BCUT2D eigenvalue weighted by Crippen LogP contribution is 2.22. The van der Waals surface area contributed by atoms with Crippen LogP contribution in [0.5, 0.6) is 11.5 Å². The van der Waals surface area contributed by atoms with Crippen LogP contribution in [-0.4, -0.2) is 13.2 Å². The van der Waals surface area contributed by atoms with Gasteiger partial charge in [-0.15, -0.1) is 0 Å². The maximum absolute atomic E-state index is 5.82. The van der Waals surface area contributed by atoms with Gasteiger partial charge in [-0.25, -0.2) is 0 Å². The highest BCUT2D eigenvalue weighted by atomic mass is 16.5. The molecule has 0 unspecified atom stereocenters. The topological polar surface area (TPSA) is 27.7 Å². The summed E-state index contributed by atoms with van der Waals surface area (Å²) in [6.45, 7) is 2.10. The van der Waals surface area contributed by atoms with Crippen LogP contribution in [0.3, 0.4) is 0 Å². The van der Waals surface area contributed by atoms with E-state index < -0.39 is 0 Å². The van der Waals surface area contributed by atoms with Crippen molar-refractivity contribution >= 4 is 0 Å². The van der Waals surface area contributed by atoms with Gasteiger partial charge in [0.2, 0.25) is 0 Å². The smallest absolute Gasteiger partial charge is 0.125 e. The highest BCUT2D eigenvalue weighted by Gasteiger charge is 2.06. The predicted octanol–water partition coefficient (Wildman–Crippen LogP) is 3.73. The minimum atomic E-state index is 0.522. The second-order valence-corrected chi connectivity index (χ2v) is 4.80. The zero-order chi connectivity index (χ0) is 14.3. The summed E-state index contributed by atoms with van der Waals surface area (Å²) in [6, 6.07) is 15.9. The summed E-state index contributed by atoms with van der Waals surface area (Å²) < 4.78 is 17.3. The molecule has 0 saturated heterocycles. The van der Waals surface area contributed by atoms with Gasteiger partial charge in [-0.05, 0) is 24.3 Å². The van der Waals surface area contributed by atoms with E-state index in [0.29, 0.717) is 26.4 Å². The molecule has 0 fully saturated rings. The average Bonchev–Trinajstić information content (AvgIpc) is 2.54. The Balaban J connectivity index is 1.82. The number of fused-ring (bicyclic) bond motifs is 2. The third kappa shape index (κ3) is 3.64. The Morgan fingerprint density at radius 2 is 1.10 bits per heavy atom. The van der Waals surface area contributed by atoms with Crippen LogP contribution in [0, 0.1) is 0 Å². The summed E-state index contributed by atoms with van der Waals surface area (Å²) in [5.74, 6) is 1.74. The lowest BCUT2D eigenvalue weighted by Gasteiger charge is -2.12. The van der Waals surface area contributed by atoms with Crippen LogP contribution in [-0.2, 0) is 18.0 Å². The Morgan fingerprint density at radius 1 is 0.619 bits per heavy atom. The van der Waals surface area contributed by atoms with E-state index in [1.54, 1.807) is 0 Å².